The van der Waals surface area contributed by atoms with E-state index in [9.17, 15) is 8.42 Å². The van der Waals surface area contributed by atoms with Crippen LogP contribution in [0.4, 0.5) is 0 Å². The number of guanidine groups is 1. The second-order valence-electron chi connectivity index (χ2n) is 6.73. The molecule has 138 valence electrons. The van der Waals surface area contributed by atoms with Gasteiger partial charge in [-0.05, 0) is 20.3 Å². The first-order chi connectivity index (χ1) is 10.7. The second-order valence-corrected chi connectivity index (χ2v) is 8.48. The normalized spacial score (nSPS) is 13.2. The number of unbranched alkanes of at least 4 members (excludes halogenated alkanes) is 6. The highest BCUT2D eigenvalue weighted by molar-refractivity contribution is 7.88. The van der Waals surface area contributed by atoms with Crippen molar-refractivity contribution in [2.45, 2.75) is 71.3 Å². The van der Waals surface area contributed by atoms with Crippen molar-refractivity contribution in [1.29, 1.82) is 0 Å². The van der Waals surface area contributed by atoms with Crippen LogP contribution in [0.25, 0.3) is 0 Å². The van der Waals surface area contributed by atoms with Gasteiger partial charge in [0.05, 0.1) is 6.26 Å². The molecule has 0 radical (unpaired) electrons. The molecule has 0 aromatic heterocycles. The predicted octanol–water partition coefficient (Wildman–Crippen LogP) is 2.23. The molecule has 0 saturated heterocycles. The van der Waals surface area contributed by atoms with Crippen LogP contribution in [0.5, 0.6) is 0 Å². The fourth-order valence-electron chi connectivity index (χ4n) is 2.35. The van der Waals surface area contributed by atoms with Gasteiger partial charge in [0.2, 0.25) is 10.0 Å². The quantitative estimate of drug-likeness (QED) is 0.287. The molecule has 6 nitrogen and oxygen atoms in total. The van der Waals surface area contributed by atoms with E-state index >= 15 is 0 Å². The zero-order valence-corrected chi connectivity index (χ0v) is 16.4. The molecule has 0 bridgehead atoms. The Kier molecular flexibility index (Phi) is 11.3. The average molecular weight is 349 g/mol. The van der Waals surface area contributed by atoms with E-state index in [4.69, 9.17) is 0 Å². The van der Waals surface area contributed by atoms with E-state index in [0.717, 1.165) is 13.0 Å². The van der Waals surface area contributed by atoms with Gasteiger partial charge in [-0.25, -0.2) is 13.1 Å². The van der Waals surface area contributed by atoms with Crippen LogP contribution in [-0.4, -0.2) is 46.3 Å². The third-order valence-corrected chi connectivity index (χ3v) is 4.38. The molecular weight excluding hydrogens is 312 g/mol. The lowest BCUT2D eigenvalue weighted by Crippen LogP contribution is -2.53. The third kappa shape index (κ3) is 14.5. The van der Waals surface area contributed by atoms with Crippen molar-refractivity contribution in [3.63, 3.8) is 0 Å². The molecule has 0 aromatic carbocycles. The summed E-state index contributed by atoms with van der Waals surface area (Å²) in [5.74, 6) is 0.708. The number of sulfonamides is 1. The molecule has 3 N–H and O–H groups in total. The Morgan fingerprint density at radius 2 is 1.57 bits per heavy atom. The van der Waals surface area contributed by atoms with Gasteiger partial charge in [0.15, 0.2) is 5.96 Å². The lowest BCUT2D eigenvalue weighted by atomic mass is 10.1. The number of nitrogens with one attached hydrogen (secondary N) is 3. The molecule has 0 fully saturated rings. The largest absolute Gasteiger partial charge is 0.356 e. The first kappa shape index (κ1) is 22.2. The highest BCUT2D eigenvalue weighted by atomic mass is 32.2. The number of hydrogen-bond donors (Lipinski definition) is 3. The summed E-state index contributed by atoms with van der Waals surface area (Å²) in [4.78, 5) is 4.16. The van der Waals surface area contributed by atoms with Crippen molar-refractivity contribution < 1.29 is 8.42 Å². The average Bonchev–Trinajstić information content (AvgIpc) is 2.42. The van der Waals surface area contributed by atoms with Gasteiger partial charge in [-0.2, -0.15) is 0 Å². The molecule has 7 heteroatoms. The maximum Gasteiger partial charge on any atom is 0.209 e. The summed E-state index contributed by atoms with van der Waals surface area (Å²) in [6.07, 6.45) is 10.1. The van der Waals surface area contributed by atoms with E-state index in [-0.39, 0.29) is 0 Å². The van der Waals surface area contributed by atoms with Gasteiger partial charge in [0.25, 0.3) is 0 Å². The molecule has 0 amide bonds. The number of rotatable bonds is 12. The van der Waals surface area contributed by atoms with Crippen LogP contribution in [0.1, 0.15) is 65.7 Å². The van der Waals surface area contributed by atoms with E-state index in [2.05, 4.69) is 27.3 Å². The van der Waals surface area contributed by atoms with Crippen LogP contribution in [0.2, 0.25) is 0 Å². The molecule has 0 rings (SSSR count). The lowest BCUT2D eigenvalue weighted by molar-refractivity contribution is 0.446. The molecule has 0 heterocycles. The smallest absolute Gasteiger partial charge is 0.209 e. The summed E-state index contributed by atoms with van der Waals surface area (Å²) >= 11 is 0. The van der Waals surface area contributed by atoms with Crippen molar-refractivity contribution >= 4 is 16.0 Å². The fourth-order valence-corrected chi connectivity index (χ4v) is 3.43. The summed E-state index contributed by atoms with van der Waals surface area (Å²) < 4.78 is 25.2. The molecular formula is C16H36N4O2S. The molecule has 0 atom stereocenters. The monoisotopic (exact) mass is 348 g/mol. The van der Waals surface area contributed by atoms with Gasteiger partial charge in [-0.1, -0.05) is 45.4 Å². The van der Waals surface area contributed by atoms with Gasteiger partial charge in [-0.3, -0.25) is 4.99 Å². The highest BCUT2D eigenvalue weighted by Gasteiger charge is 2.22. The minimum absolute atomic E-state index is 0.469. The Morgan fingerprint density at radius 1 is 1.00 bits per heavy atom. The van der Waals surface area contributed by atoms with Crippen molar-refractivity contribution in [2.75, 3.05) is 26.4 Å². The summed E-state index contributed by atoms with van der Waals surface area (Å²) in [7, 11) is -1.50. The van der Waals surface area contributed by atoms with Gasteiger partial charge in [0, 0.05) is 25.7 Å². The van der Waals surface area contributed by atoms with Crippen molar-refractivity contribution in [2.24, 2.45) is 4.99 Å². The Labute approximate surface area is 143 Å². The maximum absolute atomic E-state index is 11.3. The SMILES string of the molecule is CCCCCCCCCNC(=NC)NCC(C)(C)NS(C)(=O)=O. The van der Waals surface area contributed by atoms with Crippen LogP contribution in [-0.2, 0) is 10.0 Å². The van der Waals surface area contributed by atoms with Crippen LogP contribution < -0.4 is 15.4 Å². The Balaban J connectivity index is 3.87. The van der Waals surface area contributed by atoms with E-state index in [0.29, 0.717) is 12.5 Å². The van der Waals surface area contributed by atoms with Crippen LogP contribution in [0.3, 0.4) is 0 Å². The van der Waals surface area contributed by atoms with Crippen molar-refractivity contribution in [1.82, 2.24) is 15.4 Å². The molecule has 0 unspecified atom stereocenters. The van der Waals surface area contributed by atoms with Crippen molar-refractivity contribution in [3.8, 4) is 0 Å². The van der Waals surface area contributed by atoms with E-state index in [1.807, 2.05) is 13.8 Å². The summed E-state index contributed by atoms with van der Waals surface area (Å²) in [6, 6.07) is 0. The molecule has 0 aromatic rings. The Morgan fingerprint density at radius 3 is 2.09 bits per heavy atom. The predicted molar refractivity (Wildman–Crippen MR) is 99.4 cm³/mol. The van der Waals surface area contributed by atoms with Crippen LogP contribution in [0, 0.1) is 0 Å². The number of aliphatic imine (C=N–C) groups is 1. The topological polar surface area (TPSA) is 82.6 Å². The minimum atomic E-state index is -3.22. The molecule has 0 spiro atoms. The summed E-state index contributed by atoms with van der Waals surface area (Å²) in [6.45, 7) is 7.26. The van der Waals surface area contributed by atoms with Gasteiger partial charge < -0.3 is 10.6 Å². The number of hydrogen-bond acceptors (Lipinski definition) is 3. The standard InChI is InChI=1S/C16H36N4O2S/c1-6-7-8-9-10-11-12-13-18-15(17-4)19-14-16(2,3)20-23(5,21)22/h20H,6-14H2,1-5H3,(H2,17,18,19). The summed E-state index contributed by atoms with van der Waals surface area (Å²) in [5, 5.41) is 6.43. The zero-order valence-electron chi connectivity index (χ0n) is 15.5. The lowest BCUT2D eigenvalue weighted by Gasteiger charge is -2.26. The van der Waals surface area contributed by atoms with Crippen molar-refractivity contribution in [3.05, 3.63) is 0 Å². The van der Waals surface area contributed by atoms with E-state index in [1.165, 1.54) is 44.8 Å². The van der Waals surface area contributed by atoms with Gasteiger partial charge in [-0.15, -0.1) is 0 Å². The van der Waals surface area contributed by atoms with E-state index < -0.39 is 15.6 Å². The van der Waals surface area contributed by atoms with E-state index in [1.54, 1.807) is 7.05 Å². The van der Waals surface area contributed by atoms with Gasteiger partial charge >= 0.3 is 0 Å². The van der Waals surface area contributed by atoms with Crippen LogP contribution >= 0.6 is 0 Å². The molecule has 0 aliphatic heterocycles. The molecule has 23 heavy (non-hydrogen) atoms. The maximum atomic E-state index is 11.3. The van der Waals surface area contributed by atoms with Gasteiger partial charge in [0.1, 0.15) is 0 Å². The first-order valence-electron chi connectivity index (χ1n) is 8.63. The summed E-state index contributed by atoms with van der Waals surface area (Å²) in [5.41, 5.74) is -0.565. The van der Waals surface area contributed by atoms with Crippen LogP contribution in [0.15, 0.2) is 4.99 Å². The fraction of sp³-hybridized carbons (Fsp3) is 0.938. The Bertz CT molecular complexity index is 433. The zero-order chi connectivity index (χ0) is 17.8. The second kappa shape index (κ2) is 11.7. The number of nitrogens with zero attached hydrogens (tertiary/aromatic N) is 1. The third-order valence-electron chi connectivity index (χ3n) is 3.46. The molecule has 0 aliphatic carbocycles. The molecule has 0 saturated carbocycles. The Hall–Kier alpha value is -0.820. The highest BCUT2D eigenvalue weighted by Crippen LogP contribution is 2.06. The minimum Gasteiger partial charge on any atom is -0.356 e. The first-order valence-corrected chi connectivity index (χ1v) is 10.5. The molecule has 0 aliphatic rings.